The van der Waals surface area contributed by atoms with E-state index >= 15 is 0 Å². The molecule has 12 heteroatoms. The molecule has 0 radical (unpaired) electrons. The van der Waals surface area contributed by atoms with Gasteiger partial charge >= 0.3 is 6.09 Å². The monoisotopic (exact) mass is 578 g/mol. The summed E-state index contributed by atoms with van der Waals surface area (Å²) in [6, 6.07) is 12.0. The Balaban J connectivity index is 1.29. The van der Waals surface area contributed by atoms with Crippen LogP contribution in [0.5, 0.6) is 28.7 Å². The minimum absolute atomic E-state index is 0.0286. The SMILES string of the molecule is O=C(Nc1cc(Cl)c(Oc2ccc(O)c(S(=O)(=O)NC3CC4CCC3C4)c2)c(Cl)c1)Oc1ccc(O)cc1. The van der Waals surface area contributed by atoms with E-state index in [1.165, 1.54) is 54.6 Å². The van der Waals surface area contributed by atoms with Gasteiger partial charge in [-0.15, -0.1) is 0 Å². The van der Waals surface area contributed by atoms with Gasteiger partial charge in [-0.25, -0.2) is 17.9 Å². The maximum Gasteiger partial charge on any atom is 0.417 e. The first kappa shape index (κ1) is 26.4. The lowest BCUT2D eigenvalue weighted by Crippen LogP contribution is -2.38. The van der Waals surface area contributed by atoms with Crippen LogP contribution in [0.1, 0.15) is 25.7 Å². The van der Waals surface area contributed by atoms with Crippen molar-refractivity contribution >= 4 is 45.0 Å². The molecule has 0 aliphatic heterocycles. The van der Waals surface area contributed by atoms with Gasteiger partial charge in [0.2, 0.25) is 10.0 Å². The molecular weight excluding hydrogens is 555 g/mol. The summed E-state index contributed by atoms with van der Waals surface area (Å²) in [5, 5.41) is 22.2. The second-order valence-electron chi connectivity index (χ2n) is 9.41. The number of fused-ring (bicyclic) bond motifs is 2. The van der Waals surface area contributed by atoms with Crippen molar-refractivity contribution < 1.29 is 32.9 Å². The lowest BCUT2D eigenvalue weighted by molar-refractivity contribution is 0.215. The number of benzene rings is 3. The highest BCUT2D eigenvalue weighted by molar-refractivity contribution is 7.89. The van der Waals surface area contributed by atoms with E-state index in [1.54, 1.807) is 0 Å². The molecule has 4 N–H and O–H groups in total. The summed E-state index contributed by atoms with van der Waals surface area (Å²) in [6.07, 6.45) is 3.15. The van der Waals surface area contributed by atoms with Crippen LogP contribution in [0.4, 0.5) is 10.5 Å². The van der Waals surface area contributed by atoms with Gasteiger partial charge in [0.1, 0.15) is 27.9 Å². The van der Waals surface area contributed by atoms with Gasteiger partial charge in [-0.3, -0.25) is 5.32 Å². The number of ether oxygens (including phenoxy) is 2. The Hall–Kier alpha value is -3.18. The molecule has 3 unspecified atom stereocenters. The summed E-state index contributed by atoms with van der Waals surface area (Å²) in [5.74, 6) is 0.824. The number of hydrogen-bond acceptors (Lipinski definition) is 7. The molecule has 5 rings (SSSR count). The van der Waals surface area contributed by atoms with Crippen molar-refractivity contribution in [2.24, 2.45) is 11.8 Å². The second-order valence-corrected chi connectivity index (χ2v) is 11.9. The molecule has 2 aliphatic rings. The van der Waals surface area contributed by atoms with Gasteiger partial charge in [0.25, 0.3) is 0 Å². The van der Waals surface area contributed by atoms with E-state index in [9.17, 15) is 23.4 Å². The van der Waals surface area contributed by atoms with Crippen molar-refractivity contribution in [3.63, 3.8) is 0 Å². The number of carbonyl (C=O) groups excluding carboxylic acids is 1. The molecule has 0 saturated heterocycles. The van der Waals surface area contributed by atoms with E-state index in [1.807, 2.05) is 0 Å². The van der Waals surface area contributed by atoms with Crippen LogP contribution < -0.4 is 19.5 Å². The van der Waals surface area contributed by atoms with Crippen LogP contribution >= 0.6 is 23.2 Å². The summed E-state index contributed by atoms with van der Waals surface area (Å²) >= 11 is 12.7. The van der Waals surface area contributed by atoms with Crippen molar-refractivity contribution in [1.29, 1.82) is 0 Å². The largest absolute Gasteiger partial charge is 0.508 e. The molecule has 200 valence electrons. The Morgan fingerprint density at radius 2 is 1.61 bits per heavy atom. The summed E-state index contributed by atoms with van der Waals surface area (Å²) in [7, 11) is -4.00. The number of aromatic hydroxyl groups is 2. The molecule has 2 bridgehead atoms. The Morgan fingerprint density at radius 3 is 2.24 bits per heavy atom. The summed E-state index contributed by atoms with van der Waals surface area (Å²) in [5.41, 5.74) is 0.222. The third kappa shape index (κ3) is 5.78. The fraction of sp³-hybridized carbons (Fsp3) is 0.269. The lowest BCUT2D eigenvalue weighted by atomic mass is 9.96. The molecule has 2 fully saturated rings. The van der Waals surface area contributed by atoms with Gasteiger partial charge in [-0.1, -0.05) is 29.6 Å². The van der Waals surface area contributed by atoms with Gasteiger partial charge in [-0.05, 0) is 79.6 Å². The number of phenolic OH excluding ortho intramolecular Hbond substituents is 2. The number of carbonyl (C=O) groups is 1. The zero-order chi connectivity index (χ0) is 27.0. The first-order valence-corrected chi connectivity index (χ1v) is 14.1. The topological polar surface area (TPSA) is 134 Å². The standard InChI is InChI=1S/C26H24Cl2N2O7S/c27-20-11-16(29-26(33)37-18-5-3-17(31)4-6-18)12-21(28)25(20)36-19-7-8-23(32)24(13-19)38(34,35)30-22-10-14-1-2-15(22)9-14/h3-8,11-15,22,30-32H,1-2,9-10H2,(H,29,33). The van der Waals surface area contributed by atoms with E-state index in [4.69, 9.17) is 32.7 Å². The number of amides is 1. The average Bonchev–Trinajstić information content (AvgIpc) is 3.47. The number of rotatable bonds is 7. The fourth-order valence-corrected chi connectivity index (χ4v) is 7.03. The van der Waals surface area contributed by atoms with Gasteiger partial charge in [0, 0.05) is 17.8 Å². The highest BCUT2D eigenvalue weighted by atomic mass is 35.5. The molecular formula is C26H24Cl2N2O7S. The zero-order valence-corrected chi connectivity index (χ0v) is 22.2. The summed E-state index contributed by atoms with van der Waals surface area (Å²) < 4.78 is 39.8. The number of sulfonamides is 1. The molecule has 3 aromatic carbocycles. The van der Waals surface area contributed by atoms with Crippen LogP contribution in [-0.4, -0.2) is 30.8 Å². The predicted octanol–water partition coefficient (Wildman–Crippen LogP) is 6.27. The van der Waals surface area contributed by atoms with Crippen molar-refractivity contribution in [2.45, 2.75) is 36.6 Å². The van der Waals surface area contributed by atoms with Crippen LogP contribution in [0, 0.1) is 11.8 Å². The summed E-state index contributed by atoms with van der Waals surface area (Å²) in [4.78, 5) is 11.9. The van der Waals surface area contributed by atoms with Crippen molar-refractivity contribution in [2.75, 3.05) is 5.32 Å². The zero-order valence-electron chi connectivity index (χ0n) is 19.9. The smallest absolute Gasteiger partial charge is 0.417 e. The van der Waals surface area contributed by atoms with Crippen LogP contribution in [-0.2, 0) is 10.0 Å². The van der Waals surface area contributed by atoms with Gasteiger partial charge in [0.05, 0.1) is 10.0 Å². The number of hydrogen-bond donors (Lipinski definition) is 4. The minimum atomic E-state index is -4.00. The normalized spacial score (nSPS) is 20.3. The quantitative estimate of drug-likeness (QED) is 0.259. The molecule has 2 saturated carbocycles. The van der Waals surface area contributed by atoms with E-state index < -0.39 is 21.9 Å². The van der Waals surface area contributed by atoms with Gasteiger partial charge < -0.3 is 19.7 Å². The Labute approximate surface area is 229 Å². The first-order chi connectivity index (χ1) is 18.1. The third-order valence-electron chi connectivity index (χ3n) is 6.78. The number of phenols is 2. The number of anilines is 1. The molecule has 3 aromatic rings. The summed E-state index contributed by atoms with van der Waals surface area (Å²) in [6.45, 7) is 0. The van der Waals surface area contributed by atoms with Crippen molar-refractivity contribution in [3.8, 4) is 28.7 Å². The molecule has 2 aliphatic carbocycles. The van der Waals surface area contributed by atoms with E-state index in [2.05, 4.69) is 10.0 Å². The molecule has 0 spiro atoms. The third-order valence-corrected chi connectivity index (χ3v) is 8.86. The van der Waals surface area contributed by atoms with E-state index in [0.717, 1.165) is 25.7 Å². The highest BCUT2D eigenvalue weighted by Gasteiger charge is 2.41. The maximum atomic E-state index is 13.1. The van der Waals surface area contributed by atoms with Crippen LogP contribution in [0.15, 0.2) is 59.5 Å². The Kier molecular flexibility index (Phi) is 7.32. The second kappa shape index (κ2) is 10.5. The Bertz CT molecular complexity index is 1460. The molecule has 9 nitrogen and oxygen atoms in total. The van der Waals surface area contributed by atoms with Crippen LogP contribution in [0.25, 0.3) is 0 Å². The first-order valence-electron chi connectivity index (χ1n) is 11.9. The molecule has 0 aromatic heterocycles. The van der Waals surface area contributed by atoms with E-state index in [-0.39, 0.29) is 49.7 Å². The van der Waals surface area contributed by atoms with Crippen LogP contribution in [0.2, 0.25) is 10.0 Å². The minimum Gasteiger partial charge on any atom is -0.508 e. The molecule has 3 atom stereocenters. The predicted molar refractivity (Wildman–Crippen MR) is 142 cm³/mol. The molecule has 38 heavy (non-hydrogen) atoms. The molecule has 1 amide bonds. The van der Waals surface area contributed by atoms with Gasteiger partial charge in [-0.2, -0.15) is 0 Å². The Morgan fingerprint density at radius 1 is 0.921 bits per heavy atom. The van der Waals surface area contributed by atoms with Crippen molar-refractivity contribution in [1.82, 2.24) is 4.72 Å². The van der Waals surface area contributed by atoms with Crippen molar-refractivity contribution in [3.05, 3.63) is 64.6 Å². The van der Waals surface area contributed by atoms with Gasteiger partial charge in [0.15, 0.2) is 5.75 Å². The van der Waals surface area contributed by atoms with E-state index in [0.29, 0.717) is 11.8 Å². The highest BCUT2D eigenvalue weighted by Crippen LogP contribution is 2.45. The number of nitrogens with one attached hydrogen (secondary N) is 2. The average molecular weight is 579 g/mol. The lowest BCUT2D eigenvalue weighted by Gasteiger charge is -2.23. The fourth-order valence-electron chi connectivity index (χ4n) is 5.04. The number of halogens is 2. The maximum absolute atomic E-state index is 13.1. The molecule has 0 heterocycles. The van der Waals surface area contributed by atoms with Crippen LogP contribution in [0.3, 0.4) is 0 Å².